The van der Waals surface area contributed by atoms with Crippen LogP contribution in [0.5, 0.6) is 0 Å². The molecule has 1 atom stereocenters. The number of benzene rings is 1. The van der Waals surface area contributed by atoms with Crippen molar-refractivity contribution in [1.82, 2.24) is 0 Å². The molecule has 0 aliphatic carbocycles. The molecule has 0 bridgehead atoms. The van der Waals surface area contributed by atoms with Gasteiger partial charge in [0.15, 0.2) is 11.6 Å². The zero-order chi connectivity index (χ0) is 13.7. The second-order valence-corrected chi connectivity index (χ2v) is 5.07. The first-order chi connectivity index (χ1) is 9.20. The van der Waals surface area contributed by atoms with E-state index < -0.39 is 11.6 Å². The van der Waals surface area contributed by atoms with E-state index in [9.17, 15) is 8.78 Å². The standard InChI is InChI=1S/C16H20F2O/c1-2-3-4-5-12-6-9-16(19-11-12)13-7-8-14(17)15(18)10-13/h7-8,10-11,16H,2-6,9H2,1H3. The zero-order valence-electron chi connectivity index (χ0n) is 11.3. The SMILES string of the molecule is CCCCCC1=COC(c2ccc(F)c(F)c2)CC1. The molecule has 1 nitrogen and oxygen atoms in total. The van der Waals surface area contributed by atoms with Gasteiger partial charge in [-0.05, 0) is 49.0 Å². The van der Waals surface area contributed by atoms with Crippen molar-refractivity contribution in [3.63, 3.8) is 0 Å². The molecule has 1 aromatic carbocycles. The fourth-order valence-corrected chi connectivity index (χ4v) is 2.37. The molecule has 0 spiro atoms. The van der Waals surface area contributed by atoms with Crippen LogP contribution in [0.4, 0.5) is 8.78 Å². The minimum Gasteiger partial charge on any atom is -0.493 e. The topological polar surface area (TPSA) is 9.23 Å². The number of halogens is 2. The van der Waals surface area contributed by atoms with Crippen LogP contribution in [0.3, 0.4) is 0 Å². The van der Waals surface area contributed by atoms with Crippen molar-refractivity contribution in [2.24, 2.45) is 0 Å². The molecule has 1 unspecified atom stereocenters. The first-order valence-corrected chi connectivity index (χ1v) is 6.99. The van der Waals surface area contributed by atoms with Crippen LogP contribution in [-0.2, 0) is 4.74 Å². The summed E-state index contributed by atoms with van der Waals surface area (Å²) in [5.41, 5.74) is 2.04. The predicted octanol–water partition coefficient (Wildman–Crippen LogP) is 5.28. The molecule has 0 fully saturated rings. The second-order valence-electron chi connectivity index (χ2n) is 5.07. The van der Waals surface area contributed by atoms with Gasteiger partial charge in [-0.25, -0.2) is 8.78 Å². The first kappa shape index (κ1) is 14.0. The summed E-state index contributed by atoms with van der Waals surface area (Å²) in [5.74, 6) is -1.62. The van der Waals surface area contributed by atoms with Gasteiger partial charge in [0.25, 0.3) is 0 Å². The van der Waals surface area contributed by atoms with E-state index in [0.717, 1.165) is 25.3 Å². The summed E-state index contributed by atoms with van der Waals surface area (Å²) in [6.07, 6.45) is 8.21. The molecule has 19 heavy (non-hydrogen) atoms. The molecular weight excluding hydrogens is 246 g/mol. The maximum absolute atomic E-state index is 13.2. The van der Waals surface area contributed by atoms with Crippen LogP contribution >= 0.6 is 0 Å². The van der Waals surface area contributed by atoms with E-state index in [4.69, 9.17) is 4.74 Å². The molecule has 1 aliphatic rings. The van der Waals surface area contributed by atoms with Crippen LogP contribution in [0.15, 0.2) is 30.0 Å². The predicted molar refractivity (Wildman–Crippen MR) is 71.6 cm³/mol. The van der Waals surface area contributed by atoms with Gasteiger partial charge in [0.05, 0.1) is 6.26 Å². The Balaban J connectivity index is 1.93. The van der Waals surface area contributed by atoms with Crippen molar-refractivity contribution < 1.29 is 13.5 Å². The molecule has 3 heteroatoms. The summed E-state index contributed by atoms with van der Waals surface area (Å²) in [5, 5.41) is 0. The number of ether oxygens (including phenoxy) is 1. The molecule has 0 amide bonds. The van der Waals surface area contributed by atoms with E-state index in [-0.39, 0.29) is 6.10 Å². The molecule has 0 saturated carbocycles. The largest absolute Gasteiger partial charge is 0.493 e. The highest BCUT2D eigenvalue weighted by molar-refractivity contribution is 5.21. The van der Waals surface area contributed by atoms with Gasteiger partial charge in [-0.1, -0.05) is 25.8 Å². The fraction of sp³-hybridized carbons (Fsp3) is 0.500. The van der Waals surface area contributed by atoms with Gasteiger partial charge in [0, 0.05) is 0 Å². The number of hydrogen-bond acceptors (Lipinski definition) is 1. The average molecular weight is 266 g/mol. The third-order valence-electron chi connectivity index (χ3n) is 3.54. The van der Waals surface area contributed by atoms with Crippen LogP contribution in [0, 0.1) is 11.6 Å². The third kappa shape index (κ3) is 3.79. The van der Waals surface area contributed by atoms with Gasteiger partial charge in [-0.3, -0.25) is 0 Å². The minimum absolute atomic E-state index is 0.148. The number of unbranched alkanes of at least 4 members (excludes halogenated alkanes) is 2. The lowest BCUT2D eigenvalue weighted by Crippen LogP contribution is -2.08. The van der Waals surface area contributed by atoms with E-state index in [2.05, 4.69) is 6.92 Å². The number of allylic oxidation sites excluding steroid dienone is 1. The Labute approximate surface area is 113 Å². The lowest BCUT2D eigenvalue weighted by atomic mass is 9.96. The van der Waals surface area contributed by atoms with Crippen LogP contribution in [0.1, 0.15) is 57.1 Å². The van der Waals surface area contributed by atoms with Crippen molar-refractivity contribution in [3.8, 4) is 0 Å². The highest BCUT2D eigenvalue weighted by atomic mass is 19.2. The minimum atomic E-state index is -0.810. The maximum Gasteiger partial charge on any atom is 0.159 e. The average Bonchev–Trinajstić information content (AvgIpc) is 2.43. The normalized spacial score (nSPS) is 18.9. The van der Waals surface area contributed by atoms with E-state index in [1.54, 1.807) is 6.07 Å². The summed E-state index contributed by atoms with van der Waals surface area (Å²) in [7, 11) is 0. The van der Waals surface area contributed by atoms with Crippen molar-refractivity contribution in [1.29, 1.82) is 0 Å². The Kier molecular flexibility index (Phi) is 4.94. The smallest absolute Gasteiger partial charge is 0.159 e. The van der Waals surface area contributed by atoms with Gasteiger partial charge in [0.2, 0.25) is 0 Å². The van der Waals surface area contributed by atoms with Crippen LogP contribution in [-0.4, -0.2) is 0 Å². The van der Waals surface area contributed by atoms with Gasteiger partial charge in [0.1, 0.15) is 6.10 Å². The summed E-state index contributed by atoms with van der Waals surface area (Å²) in [4.78, 5) is 0. The Bertz CT molecular complexity index is 454. The molecular formula is C16H20F2O. The highest BCUT2D eigenvalue weighted by Crippen LogP contribution is 2.32. The molecule has 0 saturated heterocycles. The summed E-state index contributed by atoms with van der Waals surface area (Å²) < 4.78 is 31.7. The van der Waals surface area contributed by atoms with E-state index in [0.29, 0.717) is 5.56 Å². The van der Waals surface area contributed by atoms with E-state index >= 15 is 0 Å². The lowest BCUT2D eigenvalue weighted by Gasteiger charge is -2.23. The zero-order valence-corrected chi connectivity index (χ0v) is 11.3. The number of hydrogen-bond donors (Lipinski definition) is 0. The first-order valence-electron chi connectivity index (χ1n) is 6.99. The summed E-state index contributed by atoms with van der Waals surface area (Å²) in [6, 6.07) is 3.99. The van der Waals surface area contributed by atoms with E-state index in [1.807, 2.05) is 6.26 Å². The Hall–Kier alpha value is -1.38. The summed E-state index contributed by atoms with van der Waals surface area (Å²) in [6.45, 7) is 2.19. The highest BCUT2D eigenvalue weighted by Gasteiger charge is 2.18. The van der Waals surface area contributed by atoms with Crippen LogP contribution < -0.4 is 0 Å². The molecule has 1 heterocycles. The monoisotopic (exact) mass is 266 g/mol. The van der Waals surface area contributed by atoms with Gasteiger partial charge in [-0.15, -0.1) is 0 Å². The fourth-order valence-electron chi connectivity index (χ4n) is 2.37. The Morgan fingerprint density at radius 1 is 1.21 bits per heavy atom. The second kappa shape index (κ2) is 6.69. The van der Waals surface area contributed by atoms with E-state index in [1.165, 1.54) is 30.9 Å². The Morgan fingerprint density at radius 2 is 2.05 bits per heavy atom. The molecule has 0 N–H and O–H groups in total. The Morgan fingerprint density at radius 3 is 2.68 bits per heavy atom. The van der Waals surface area contributed by atoms with Crippen LogP contribution in [0.25, 0.3) is 0 Å². The maximum atomic E-state index is 13.2. The molecule has 2 rings (SSSR count). The van der Waals surface area contributed by atoms with Crippen LogP contribution in [0.2, 0.25) is 0 Å². The quantitative estimate of drug-likeness (QED) is 0.659. The summed E-state index contributed by atoms with van der Waals surface area (Å²) >= 11 is 0. The number of rotatable bonds is 5. The molecule has 0 radical (unpaired) electrons. The molecule has 104 valence electrons. The van der Waals surface area contributed by atoms with Crippen molar-refractivity contribution in [3.05, 3.63) is 47.2 Å². The molecule has 1 aliphatic heterocycles. The van der Waals surface area contributed by atoms with Gasteiger partial charge >= 0.3 is 0 Å². The van der Waals surface area contributed by atoms with Crippen molar-refractivity contribution in [2.45, 2.75) is 51.6 Å². The molecule has 0 aromatic heterocycles. The third-order valence-corrected chi connectivity index (χ3v) is 3.54. The van der Waals surface area contributed by atoms with Gasteiger partial charge in [-0.2, -0.15) is 0 Å². The van der Waals surface area contributed by atoms with Gasteiger partial charge < -0.3 is 4.74 Å². The van der Waals surface area contributed by atoms with Crippen molar-refractivity contribution in [2.75, 3.05) is 0 Å². The van der Waals surface area contributed by atoms with Crippen molar-refractivity contribution >= 4 is 0 Å². The lowest BCUT2D eigenvalue weighted by molar-refractivity contribution is 0.118. The molecule has 1 aromatic rings.